The van der Waals surface area contributed by atoms with E-state index in [4.69, 9.17) is 0 Å². The molecule has 0 aromatic carbocycles. The quantitative estimate of drug-likeness (QED) is 0.602. The highest BCUT2D eigenvalue weighted by Gasteiger charge is 2.51. The van der Waals surface area contributed by atoms with Gasteiger partial charge in [-0.05, 0) is 61.2 Å². The number of fused-ring (bicyclic) bond motifs is 2. The summed E-state index contributed by atoms with van der Waals surface area (Å²) in [6.45, 7) is 4.99. The summed E-state index contributed by atoms with van der Waals surface area (Å²) in [7, 11) is 0. The van der Waals surface area contributed by atoms with Crippen LogP contribution in [0.15, 0.2) is 0 Å². The van der Waals surface area contributed by atoms with Crippen LogP contribution in [0.1, 0.15) is 78.1 Å². The first kappa shape index (κ1) is 11.1. The zero-order chi connectivity index (χ0) is 11.2. The van der Waals surface area contributed by atoms with Crippen molar-refractivity contribution in [2.45, 2.75) is 78.1 Å². The Morgan fingerprint density at radius 2 is 1.56 bits per heavy atom. The SMILES string of the molecule is CC1CCC(CC23CCC(C)(CC2)C3)CC1. The molecule has 3 aliphatic rings. The third kappa shape index (κ3) is 1.93. The molecule has 0 amide bonds. The summed E-state index contributed by atoms with van der Waals surface area (Å²) >= 11 is 0. The Bertz CT molecular complexity index is 249. The van der Waals surface area contributed by atoms with E-state index in [2.05, 4.69) is 13.8 Å². The predicted octanol–water partition coefficient (Wildman–Crippen LogP) is 5.17. The lowest BCUT2D eigenvalue weighted by Crippen LogP contribution is -2.22. The number of rotatable bonds is 2. The van der Waals surface area contributed by atoms with Crippen LogP contribution in [0, 0.1) is 22.7 Å². The molecule has 3 rings (SSSR count). The van der Waals surface area contributed by atoms with Crippen molar-refractivity contribution in [2.75, 3.05) is 0 Å². The van der Waals surface area contributed by atoms with Crippen LogP contribution in [0.2, 0.25) is 0 Å². The van der Waals surface area contributed by atoms with E-state index in [0.717, 1.165) is 22.7 Å². The summed E-state index contributed by atoms with van der Waals surface area (Å²) in [5, 5.41) is 0. The van der Waals surface area contributed by atoms with Crippen molar-refractivity contribution in [3.8, 4) is 0 Å². The minimum absolute atomic E-state index is 0.766. The molecule has 0 unspecified atom stereocenters. The van der Waals surface area contributed by atoms with E-state index < -0.39 is 0 Å². The minimum atomic E-state index is 0.766. The fourth-order valence-electron chi connectivity index (χ4n) is 5.06. The van der Waals surface area contributed by atoms with Gasteiger partial charge in [0.15, 0.2) is 0 Å². The molecule has 0 heteroatoms. The molecule has 16 heavy (non-hydrogen) atoms. The average Bonchev–Trinajstić information content (AvgIpc) is 2.75. The third-order valence-electron chi connectivity index (χ3n) is 6.18. The van der Waals surface area contributed by atoms with Gasteiger partial charge in [-0.1, -0.05) is 39.5 Å². The molecule has 0 aliphatic heterocycles. The van der Waals surface area contributed by atoms with E-state index in [1.807, 2.05) is 0 Å². The van der Waals surface area contributed by atoms with Gasteiger partial charge >= 0.3 is 0 Å². The molecule has 0 radical (unpaired) electrons. The first-order chi connectivity index (χ1) is 7.59. The number of hydrogen-bond donors (Lipinski definition) is 0. The van der Waals surface area contributed by atoms with Gasteiger partial charge in [0, 0.05) is 0 Å². The molecule has 0 atom stereocenters. The second-order valence-corrected chi connectivity index (χ2v) is 7.82. The van der Waals surface area contributed by atoms with Crippen molar-refractivity contribution >= 4 is 0 Å². The summed E-state index contributed by atoms with van der Waals surface area (Å²) in [4.78, 5) is 0. The van der Waals surface area contributed by atoms with Gasteiger partial charge in [-0.3, -0.25) is 0 Å². The first-order valence-corrected chi connectivity index (χ1v) is 7.59. The van der Waals surface area contributed by atoms with Gasteiger partial charge in [-0.15, -0.1) is 0 Å². The Hall–Kier alpha value is 0. The van der Waals surface area contributed by atoms with E-state index >= 15 is 0 Å². The highest BCUT2D eigenvalue weighted by molar-refractivity contribution is 5.03. The summed E-state index contributed by atoms with van der Waals surface area (Å²) in [6.07, 6.45) is 15.5. The van der Waals surface area contributed by atoms with Gasteiger partial charge in [-0.25, -0.2) is 0 Å². The lowest BCUT2D eigenvalue weighted by atomic mass is 9.71. The van der Waals surface area contributed by atoms with Crippen LogP contribution in [0.4, 0.5) is 0 Å². The lowest BCUT2D eigenvalue weighted by molar-refractivity contribution is 0.172. The largest absolute Gasteiger partial charge is 0.0625 e. The van der Waals surface area contributed by atoms with E-state index in [1.54, 1.807) is 38.5 Å². The zero-order valence-corrected chi connectivity index (χ0v) is 11.2. The number of hydrogen-bond acceptors (Lipinski definition) is 0. The Balaban J connectivity index is 1.59. The van der Waals surface area contributed by atoms with Gasteiger partial charge < -0.3 is 0 Å². The Kier molecular flexibility index (Phi) is 2.60. The topological polar surface area (TPSA) is 0 Å². The molecule has 3 saturated carbocycles. The average molecular weight is 220 g/mol. The van der Waals surface area contributed by atoms with Crippen LogP contribution in [0.25, 0.3) is 0 Å². The van der Waals surface area contributed by atoms with Gasteiger partial charge in [0.1, 0.15) is 0 Å². The van der Waals surface area contributed by atoms with Crippen molar-refractivity contribution in [1.29, 1.82) is 0 Å². The molecule has 0 N–H and O–H groups in total. The van der Waals surface area contributed by atoms with Crippen molar-refractivity contribution in [3.63, 3.8) is 0 Å². The van der Waals surface area contributed by atoms with E-state index in [-0.39, 0.29) is 0 Å². The molecule has 3 fully saturated rings. The summed E-state index contributed by atoms with van der Waals surface area (Å²) in [5.74, 6) is 2.11. The first-order valence-electron chi connectivity index (χ1n) is 7.59. The molecule has 0 aromatic heterocycles. The predicted molar refractivity (Wildman–Crippen MR) is 69.4 cm³/mol. The van der Waals surface area contributed by atoms with Crippen LogP contribution in [-0.4, -0.2) is 0 Å². The monoisotopic (exact) mass is 220 g/mol. The molecule has 0 saturated heterocycles. The summed E-state index contributed by atoms with van der Waals surface area (Å²) < 4.78 is 0. The minimum Gasteiger partial charge on any atom is -0.0625 e. The third-order valence-corrected chi connectivity index (χ3v) is 6.18. The highest BCUT2D eigenvalue weighted by Crippen LogP contribution is 2.64. The Morgan fingerprint density at radius 3 is 2.06 bits per heavy atom. The highest BCUT2D eigenvalue weighted by atomic mass is 14.6. The van der Waals surface area contributed by atoms with Crippen LogP contribution in [-0.2, 0) is 0 Å². The summed E-state index contributed by atoms with van der Waals surface area (Å²) in [5.41, 5.74) is 1.59. The van der Waals surface area contributed by atoms with Crippen molar-refractivity contribution in [3.05, 3.63) is 0 Å². The second-order valence-electron chi connectivity index (χ2n) is 7.82. The normalized spacial score (nSPS) is 52.1. The maximum atomic E-state index is 2.55. The summed E-state index contributed by atoms with van der Waals surface area (Å²) in [6, 6.07) is 0. The van der Waals surface area contributed by atoms with Crippen LogP contribution in [0.3, 0.4) is 0 Å². The fraction of sp³-hybridized carbons (Fsp3) is 1.00. The molecule has 0 spiro atoms. The van der Waals surface area contributed by atoms with Crippen LogP contribution in [0.5, 0.6) is 0 Å². The Morgan fingerprint density at radius 1 is 0.938 bits per heavy atom. The molecular formula is C16H28. The molecule has 0 aromatic rings. The Labute approximate surface area is 101 Å². The lowest BCUT2D eigenvalue weighted by Gasteiger charge is -2.34. The molecular weight excluding hydrogens is 192 g/mol. The molecule has 0 nitrogen and oxygen atoms in total. The van der Waals surface area contributed by atoms with E-state index in [1.165, 1.54) is 25.7 Å². The molecule has 3 aliphatic carbocycles. The van der Waals surface area contributed by atoms with Crippen LogP contribution < -0.4 is 0 Å². The second kappa shape index (κ2) is 3.75. The fourth-order valence-corrected chi connectivity index (χ4v) is 5.06. The molecule has 92 valence electrons. The van der Waals surface area contributed by atoms with E-state index in [0.29, 0.717) is 0 Å². The molecule has 0 heterocycles. The maximum absolute atomic E-state index is 2.55. The molecule has 2 bridgehead atoms. The smallest absolute Gasteiger partial charge is 0.0289 e. The maximum Gasteiger partial charge on any atom is -0.0289 e. The van der Waals surface area contributed by atoms with Crippen molar-refractivity contribution < 1.29 is 0 Å². The van der Waals surface area contributed by atoms with Crippen molar-refractivity contribution in [2.24, 2.45) is 22.7 Å². The van der Waals surface area contributed by atoms with Gasteiger partial charge in [0.25, 0.3) is 0 Å². The van der Waals surface area contributed by atoms with Gasteiger partial charge in [0.05, 0.1) is 0 Å². The standard InChI is InChI=1S/C16H28/c1-13-3-5-14(6-4-13)11-16-9-7-15(2,12-16)8-10-16/h13-14H,3-12H2,1-2H3. The van der Waals surface area contributed by atoms with Crippen molar-refractivity contribution in [1.82, 2.24) is 0 Å². The zero-order valence-electron chi connectivity index (χ0n) is 11.2. The van der Waals surface area contributed by atoms with E-state index in [9.17, 15) is 0 Å². The van der Waals surface area contributed by atoms with Gasteiger partial charge in [0.2, 0.25) is 0 Å². The van der Waals surface area contributed by atoms with Crippen LogP contribution >= 0.6 is 0 Å². The van der Waals surface area contributed by atoms with Gasteiger partial charge in [-0.2, -0.15) is 0 Å².